The molecule has 0 saturated heterocycles. The van der Waals surface area contributed by atoms with Crippen molar-refractivity contribution >= 4 is 21.9 Å². The average Bonchev–Trinajstić information content (AvgIpc) is 3.08. The third-order valence-electron chi connectivity index (χ3n) is 3.56. The van der Waals surface area contributed by atoms with E-state index >= 15 is 0 Å². The molecular weight excluding hydrogens is 424 g/mol. The fourth-order valence-electron chi connectivity index (χ4n) is 2.42. The molecule has 1 heterocycles. The van der Waals surface area contributed by atoms with Gasteiger partial charge in [0.2, 0.25) is 5.82 Å². The summed E-state index contributed by atoms with van der Waals surface area (Å²) in [6.07, 6.45) is 0. The molecule has 0 unspecified atom stereocenters. The fourth-order valence-corrected chi connectivity index (χ4v) is 2.82. The van der Waals surface area contributed by atoms with Gasteiger partial charge in [0.25, 0.3) is 0 Å². The second kappa shape index (κ2) is 8.52. The van der Waals surface area contributed by atoms with Crippen LogP contribution in [-0.4, -0.2) is 38.4 Å². The van der Waals surface area contributed by atoms with Crippen LogP contribution in [0.25, 0.3) is 11.4 Å². The maximum absolute atomic E-state index is 11.7. The van der Waals surface area contributed by atoms with Crippen molar-refractivity contribution in [2.24, 2.45) is 0 Å². The van der Waals surface area contributed by atoms with E-state index in [4.69, 9.17) is 9.47 Å². The van der Waals surface area contributed by atoms with E-state index in [1.54, 1.807) is 12.1 Å². The number of halogens is 1. The molecule has 0 aliphatic carbocycles. The first kappa shape index (κ1) is 20.0. The summed E-state index contributed by atoms with van der Waals surface area (Å²) in [6.45, 7) is 5.81. The van der Waals surface area contributed by atoms with E-state index < -0.39 is 11.6 Å². The predicted octanol–water partition coefficient (Wildman–Crippen LogP) is 3.87. The first-order chi connectivity index (χ1) is 13.3. The highest BCUT2D eigenvalue weighted by molar-refractivity contribution is 9.10. The number of esters is 1. The SMILES string of the molecule is CC(C)(C)OC(=O)COc1ccc(Cn2nnc(-c3cccc(Br)c3)n2)cc1. The van der Waals surface area contributed by atoms with Gasteiger partial charge in [-0.05, 0) is 55.8 Å². The van der Waals surface area contributed by atoms with Crippen LogP contribution >= 0.6 is 15.9 Å². The number of benzene rings is 2. The van der Waals surface area contributed by atoms with Crippen LogP contribution in [0.2, 0.25) is 0 Å². The van der Waals surface area contributed by atoms with E-state index in [-0.39, 0.29) is 6.61 Å². The summed E-state index contributed by atoms with van der Waals surface area (Å²) in [4.78, 5) is 13.2. The molecule has 0 aliphatic heterocycles. The van der Waals surface area contributed by atoms with E-state index in [0.717, 1.165) is 15.6 Å². The Balaban J connectivity index is 1.57. The van der Waals surface area contributed by atoms with Crippen LogP contribution in [0, 0.1) is 0 Å². The molecule has 0 atom stereocenters. The highest BCUT2D eigenvalue weighted by Gasteiger charge is 2.16. The zero-order chi connectivity index (χ0) is 20.1. The van der Waals surface area contributed by atoms with Crippen LogP contribution in [0.5, 0.6) is 5.75 Å². The van der Waals surface area contributed by atoms with Gasteiger partial charge >= 0.3 is 5.97 Å². The molecular formula is C20H21BrN4O3. The van der Waals surface area contributed by atoms with Crippen molar-refractivity contribution in [3.8, 4) is 17.1 Å². The number of tetrazole rings is 1. The lowest BCUT2D eigenvalue weighted by molar-refractivity contribution is -0.157. The molecule has 7 nitrogen and oxygen atoms in total. The van der Waals surface area contributed by atoms with Gasteiger partial charge in [-0.15, -0.1) is 10.2 Å². The van der Waals surface area contributed by atoms with Crippen molar-refractivity contribution in [1.82, 2.24) is 20.2 Å². The summed E-state index contributed by atoms with van der Waals surface area (Å²) in [5.74, 6) is 0.762. The maximum Gasteiger partial charge on any atom is 0.344 e. The van der Waals surface area contributed by atoms with Gasteiger partial charge in [0.05, 0.1) is 6.54 Å². The van der Waals surface area contributed by atoms with Gasteiger partial charge in [-0.1, -0.05) is 40.2 Å². The maximum atomic E-state index is 11.7. The van der Waals surface area contributed by atoms with Crippen LogP contribution in [0.1, 0.15) is 26.3 Å². The van der Waals surface area contributed by atoms with Crippen LogP contribution in [0.15, 0.2) is 53.0 Å². The number of ether oxygens (including phenoxy) is 2. The monoisotopic (exact) mass is 444 g/mol. The zero-order valence-corrected chi connectivity index (χ0v) is 17.5. The molecule has 0 saturated carbocycles. The molecule has 3 rings (SSSR count). The van der Waals surface area contributed by atoms with E-state index in [0.29, 0.717) is 18.1 Å². The highest BCUT2D eigenvalue weighted by atomic mass is 79.9. The molecule has 0 spiro atoms. The number of hydrogen-bond donors (Lipinski definition) is 0. The Morgan fingerprint density at radius 1 is 1.14 bits per heavy atom. The average molecular weight is 445 g/mol. The van der Waals surface area contributed by atoms with Gasteiger partial charge in [0.1, 0.15) is 11.4 Å². The van der Waals surface area contributed by atoms with E-state index in [1.165, 1.54) is 4.80 Å². The lowest BCUT2D eigenvalue weighted by Gasteiger charge is -2.19. The third-order valence-corrected chi connectivity index (χ3v) is 4.05. The van der Waals surface area contributed by atoms with Gasteiger partial charge in [0.15, 0.2) is 6.61 Å². The second-order valence-corrected chi connectivity index (χ2v) is 8.09. The van der Waals surface area contributed by atoms with Crippen molar-refractivity contribution in [1.29, 1.82) is 0 Å². The van der Waals surface area contributed by atoms with Crippen molar-refractivity contribution in [2.75, 3.05) is 6.61 Å². The Morgan fingerprint density at radius 3 is 2.57 bits per heavy atom. The Hall–Kier alpha value is -2.74. The minimum absolute atomic E-state index is 0.128. The number of hydrogen-bond acceptors (Lipinski definition) is 6. The second-order valence-electron chi connectivity index (χ2n) is 7.17. The summed E-state index contributed by atoms with van der Waals surface area (Å²) in [5, 5.41) is 12.6. The Bertz CT molecular complexity index is 949. The third kappa shape index (κ3) is 5.88. The molecule has 0 radical (unpaired) electrons. The highest BCUT2D eigenvalue weighted by Crippen LogP contribution is 2.19. The van der Waals surface area contributed by atoms with Gasteiger partial charge in [-0.3, -0.25) is 0 Å². The molecule has 3 aromatic rings. The summed E-state index contributed by atoms with van der Waals surface area (Å²) in [6, 6.07) is 15.1. The summed E-state index contributed by atoms with van der Waals surface area (Å²) in [7, 11) is 0. The lowest BCUT2D eigenvalue weighted by Crippen LogP contribution is -2.27. The molecule has 8 heteroatoms. The number of carbonyl (C=O) groups excluding carboxylic acids is 1. The zero-order valence-electron chi connectivity index (χ0n) is 15.9. The van der Waals surface area contributed by atoms with Crippen molar-refractivity contribution < 1.29 is 14.3 Å². The van der Waals surface area contributed by atoms with Crippen LogP contribution < -0.4 is 4.74 Å². The van der Waals surface area contributed by atoms with E-state index in [9.17, 15) is 4.79 Å². The minimum atomic E-state index is -0.524. The quantitative estimate of drug-likeness (QED) is 0.536. The minimum Gasteiger partial charge on any atom is -0.482 e. The number of aromatic nitrogens is 4. The lowest BCUT2D eigenvalue weighted by atomic mass is 10.2. The molecule has 0 amide bonds. The van der Waals surface area contributed by atoms with Gasteiger partial charge < -0.3 is 9.47 Å². The van der Waals surface area contributed by atoms with Gasteiger partial charge in [-0.2, -0.15) is 4.80 Å². The van der Waals surface area contributed by atoms with E-state index in [1.807, 2.05) is 57.2 Å². The Kier molecular flexibility index (Phi) is 6.08. The number of carbonyl (C=O) groups is 1. The molecule has 1 aromatic heterocycles. The molecule has 2 aromatic carbocycles. The first-order valence-corrected chi connectivity index (χ1v) is 9.55. The first-order valence-electron chi connectivity index (χ1n) is 8.76. The predicted molar refractivity (Wildman–Crippen MR) is 108 cm³/mol. The largest absolute Gasteiger partial charge is 0.482 e. The molecule has 0 bridgehead atoms. The topological polar surface area (TPSA) is 79.1 Å². The van der Waals surface area contributed by atoms with Crippen molar-refractivity contribution in [3.05, 3.63) is 58.6 Å². The summed E-state index contributed by atoms with van der Waals surface area (Å²) >= 11 is 3.44. The number of rotatable bonds is 6. The van der Waals surface area contributed by atoms with Crippen LogP contribution in [0.4, 0.5) is 0 Å². The molecule has 146 valence electrons. The molecule has 0 fully saturated rings. The van der Waals surface area contributed by atoms with E-state index in [2.05, 4.69) is 31.3 Å². The Labute approximate surface area is 171 Å². The standard InChI is InChI=1S/C20H21BrN4O3/c1-20(2,3)28-18(26)13-27-17-9-7-14(8-10-17)12-25-23-19(22-24-25)15-5-4-6-16(21)11-15/h4-11H,12-13H2,1-3H3. The molecule has 28 heavy (non-hydrogen) atoms. The van der Waals surface area contributed by atoms with Crippen molar-refractivity contribution in [3.63, 3.8) is 0 Å². The van der Waals surface area contributed by atoms with Crippen LogP contribution in [0.3, 0.4) is 0 Å². The smallest absolute Gasteiger partial charge is 0.344 e. The summed E-state index contributed by atoms with van der Waals surface area (Å²) in [5.41, 5.74) is 1.36. The normalized spacial score (nSPS) is 11.3. The number of nitrogens with zero attached hydrogens (tertiary/aromatic N) is 4. The van der Waals surface area contributed by atoms with Crippen LogP contribution in [-0.2, 0) is 16.1 Å². The van der Waals surface area contributed by atoms with Gasteiger partial charge in [0, 0.05) is 10.0 Å². The van der Waals surface area contributed by atoms with Gasteiger partial charge in [-0.25, -0.2) is 4.79 Å². The molecule has 0 aliphatic rings. The Morgan fingerprint density at radius 2 is 1.89 bits per heavy atom. The summed E-state index contributed by atoms with van der Waals surface area (Å²) < 4.78 is 11.6. The fraction of sp³-hybridized carbons (Fsp3) is 0.300. The molecule has 0 N–H and O–H groups in total. The van der Waals surface area contributed by atoms with Crippen molar-refractivity contribution in [2.45, 2.75) is 32.9 Å².